The van der Waals surface area contributed by atoms with Gasteiger partial charge >= 0.3 is 12.2 Å². The van der Waals surface area contributed by atoms with Crippen LogP contribution in [0.25, 0.3) is 4.85 Å². The second-order valence-electron chi connectivity index (χ2n) is 8.76. The summed E-state index contributed by atoms with van der Waals surface area (Å²) in [7, 11) is 0. The molecule has 0 radical (unpaired) electrons. The molecule has 1 atom stereocenters. The number of anilines is 2. The molecule has 1 aliphatic carbocycles. The number of amides is 2. The molecular weight excluding hydrogens is 400 g/mol. The fraction of sp³-hybridized carbons (Fsp3) is 0.455. The van der Waals surface area contributed by atoms with Crippen LogP contribution in [0.2, 0.25) is 0 Å². The summed E-state index contributed by atoms with van der Waals surface area (Å²) in [6.45, 7) is 13.0. The highest BCUT2D eigenvalue weighted by molar-refractivity contribution is 5.90. The SMILES string of the molecule is [C-]#[N+]C1(c2ccc(N3C[C@H](CN(C(=O)OC(C)(C)C)c4ccon4)OC3=O)cc2)CC1. The number of hydrogen-bond donors (Lipinski definition) is 0. The fourth-order valence-corrected chi connectivity index (χ4v) is 3.49. The Kier molecular flexibility index (Phi) is 5.09. The molecule has 0 N–H and O–H groups in total. The van der Waals surface area contributed by atoms with Gasteiger partial charge in [-0.3, -0.25) is 9.80 Å². The van der Waals surface area contributed by atoms with Gasteiger partial charge < -0.3 is 18.8 Å². The topological polar surface area (TPSA) is 89.5 Å². The zero-order valence-electron chi connectivity index (χ0n) is 17.7. The summed E-state index contributed by atoms with van der Waals surface area (Å²) in [6.07, 6.45) is 1.42. The normalized spacial score (nSPS) is 19.5. The average molecular weight is 424 g/mol. The molecule has 2 heterocycles. The van der Waals surface area contributed by atoms with E-state index in [1.165, 1.54) is 16.1 Å². The van der Waals surface area contributed by atoms with Crippen LogP contribution in [-0.4, -0.2) is 42.1 Å². The summed E-state index contributed by atoms with van der Waals surface area (Å²) >= 11 is 0. The Morgan fingerprint density at radius 2 is 2.03 bits per heavy atom. The molecule has 4 rings (SSSR count). The van der Waals surface area contributed by atoms with Crippen molar-refractivity contribution in [2.75, 3.05) is 22.9 Å². The zero-order chi connectivity index (χ0) is 22.2. The Morgan fingerprint density at radius 1 is 1.32 bits per heavy atom. The molecule has 2 fully saturated rings. The maximum Gasteiger partial charge on any atom is 0.416 e. The van der Waals surface area contributed by atoms with E-state index in [-0.39, 0.29) is 18.9 Å². The third kappa shape index (κ3) is 4.33. The number of benzene rings is 1. The predicted octanol–water partition coefficient (Wildman–Crippen LogP) is 4.35. The fourth-order valence-electron chi connectivity index (χ4n) is 3.49. The van der Waals surface area contributed by atoms with Gasteiger partial charge in [0.15, 0.2) is 5.82 Å². The lowest BCUT2D eigenvalue weighted by Crippen LogP contribution is -2.42. The van der Waals surface area contributed by atoms with Crippen molar-refractivity contribution in [2.45, 2.75) is 50.9 Å². The lowest BCUT2D eigenvalue weighted by atomic mass is 10.1. The van der Waals surface area contributed by atoms with Crippen molar-refractivity contribution in [1.29, 1.82) is 0 Å². The van der Waals surface area contributed by atoms with Gasteiger partial charge in [0.2, 0.25) is 0 Å². The highest BCUT2D eigenvalue weighted by atomic mass is 16.6. The maximum atomic E-state index is 12.7. The van der Waals surface area contributed by atoms with Crippen LogP contribution in [0.1, 0.15) is 39.2 Å². The van der Waals surface area contributed by atoms with E-state index >= 15 is 0 Å². The quantitative estimate of drug-likeness (QED) is 0.663. The van der Waals surface area contributed by atoms with Gasteiger partial charge in [-0.1, -0.05) is 5.16 Å². The highest BCUT2D eigenvalue weighted by Gasteiger charge is 2.52. The van der Waals surface area contributed by atoms with Crippen molar-refractivity contribution >= 4 is 23.7 Å². The van der Waals surface area contributed by atoms with E-state index in [0.29, 0.717) is 5.69 Å². The van der Waals surface area contributed by atoms with E-state index in [2.05, 4.69) is 10.0 Å². The van der Waals surface area contributed by atoms with Gasteiger partial charge in [0.05, 0.1) is 13.1 Å². The molecule has 1 saturated carbocycles. The number of carbonyl (C=O) groups excluding carboxylic acids is 2. The molecule has 1 aromatic carbocycles. The van der Waals surface area contributed by atoms with Crippen LogP contribution in [0, 0.1) is 6.57 Å². The summed E-state index contributed by atoms with van der Waals surface area (Å²) in [5.74, 6) is 0.280. The Morgan fingerprint density at radius 3 is 2.58 bits per heavy atom. The largest absolute Gasteiger partial charge is 0.443 e. The Balaban J connectivity index is 1.46. The molecule has 2 amide bonds. The minimum absolute atomic E-state index is 0.0720. The van der Waals surface area contributed by atoms with Crippen LogP contribution in [0.15, 0.2) is 41.1 Å². The molecule has 0 unspecified atom stereocenters. The lowest BCUT2D eigenvalue weighted by molar-refractivity contribution is 0.0556. The van der Waals surface area contributed by atoms with Crippen molar-refractivity contribution in [3.05, 3.63) is 53.6 Å². The predicted molar refractivity (Wildman–Crippen MR) is 112 cm³/mol. The lowest BCUT2D eigenvalue weighted by Gasteiger charge is -2.26. The summed E-state index contributed by atoms with van der Waals surface area (Å²) in [5.41, 5.74) is 0.571. The van der Waals surface area contributed by atoms with Gasteiger partial charge in [-0.05, 0) is 45.0 Å². The Labute approximate surface area is 180 Å². The van der Waals surface area contributed by atoms with Gasteiger partial charge in [-0.15, -0.1) is 0 Å². The standard InChI is InChI=1S/C22H24N4O5/c1-21(2,3)31-20(28)26(18-9-12-29-24-18)14-17-13-25(19(27)30-17)16-7-5-15(6-8-16)22(23-4)10-11-22/h5-9,12,17H,10-11,13-14H2,1-3H3/t17-/m1/s1. The zero-order valence-corrected chi connectivity index (χ0v) is 17.7. The number of hydrogen-bond acceptors (Lipinski definition) is 6. The molecule has 0 spiro atoms. The summed E-state index contributed by atoms with van der Waals surface area (Å²) in [4.78, 5) is 31.7. The minimum Gasteiger partial charge on any atom is -0.443 e. The van der Waals surface area contributed by atoms with E-state index < -0.39 is 29.4 Å². The third-order valence-electron chi connectivity index (χ3n) is 5.23. The van der Waals surface area contributed by atoms with Crippen LogP contribution in [0.4, 0.5) is 21.1 Å². The smallest absolute Gasteiger partial charge is 0.416 e. The molecule has 1 saturated heterocycles. The second kappa shape index (κ2) is 7.61. The monoisotopic (exact) mass is 424 g/mol. The molecule has 162 valence electrons. The first-order valence-electron chi connectivity index (χ1n) is 10.1. The molecule has 1 aliphatic heterocycles. The van der Waals surface area contributed by atoms with Crippen molar-refractivity contribution in [2.24, 2.45) is 0 Å². The average Bonchev–Trinajstić information content (AvgIpc) is 3.15. The van der Waals surface area contributed by atoms with E-state index in [1.54, 1.807) is 26.8 Å². The van der Waals surface area contributed by atoms with Crippen molar-refractivity contribution in [3.8, 4) is 0 Å². The van der Waals surface area contributed by atoms with Gasteiger partial charge in [0.1, 0.15) is 18.0 Å². The Bertz CT molecular complexity index is 1000. The summed E-state index contributed by atoms with van der Waals surface area (Å²) in [5, 5.41) is 3.82. The molecule has 31 heavy (non-hydrogen) atoms. The number of carbonyl (C=O) groups is 2. The van der Waals surface area contributed by atoms with Crippen LogP contribution in [-0.2, 0) is 15.0 Å². The van der Waals surface area contributed by atoms with Gasteiger partial charge in [0, 0.05) is 30.2 Å². The molecule has 1 aromatic heterocycles. The first kappa shape index (κ1) is 20.7. The van der Waals surface area contributed by atoms with Gasteiger partial charge in [0.25, 0.3) is 5.54 Å². The van der Waals surface area contributed by atoms with Crippen molar-refractivity contribution in [3.63, 3.8) is 0 Å². The van der Waals surface area contributed by atoms with Crippen LogP contribution in [0.5, 0.6) is 0 Å². The molecular formula is C22H24N4O5. The molecule has 0 bridgehead atoms. The van der Waals surface area contributed by atoms with Crippen LogP contribution >= 0.6 is 0 Å². The number of cyclic esters (lactones) is 1. The number of ether oxygens (including phenoxy) is 2. The Hall–Kier alpha value is -3.54. The highest BCUT2D eigenvalue weighted by Crippen LogP contribution is 2.49. The van der Waals surface area contributed by atoms with E-state index in [9.17, 15) is 9.59 Å². The van der Waals surface area contributed by atoms with E-state index in [0.717, 1.165) is 18.4 Å². The molecule has 2 aliphatic rings. The van der Waals surface area contributed by atoms with E-state index in [1.807, 2.05) is 24.3 Å². The first-order valence-corrected chi connectivity index (χ1v) is 10.1. The first-order chi connectivity index (χ1) is 14.7. The summed E-state index contributed by atoms with van der Waals surface area (Å²) < 4.78 is 15.8. The van der Waals surface area contributed by atoms with Crippen molar-refractivity contribution in [1.82, 2.24) is 5.16 Å². The minimum atomic E-state index is -0.691. The van der Waals surface area contributed by atoms with Crippen LogP contribution in [0.3, 0.4) is 0 Å². The molecule has 9 heteroatoms. The van der Waals surface area contributed by atoms with E-state index in [4.69, 9.17) is 20.6 Å². The molecule has 9 nitrogen and oxygen atoms in total. The van der Waals surface area contributed by atoms with Gasteiger partial charge in [-0.25, -0.2) is 16.2 Å². The second-order valence-corrected chi connectivity index (χ2v) is 8.76. The van der Waals surface area contributed by atoms with Gasteiger partial charge in [-0.2, -0.15) is 0 Å². The van der Waals surface area contributed by atoms with Crippen molar-refractivity contribution < 1.29 is 23.6 Å². The maximum absolute atomic E-state index is 12.7. The van der Waals surface area contributed by atoms with Crippen LogP contribution < -0.4 is 9.80 Å². The summed E-state index contributed by atoms with van der Waals surface area (Å²) in [6, 6.07) is 8.98. The number of aromatic nitrogens is 1. The molecule has 2 aromatic rings. The third-order valence-corrected chi connectivity index (χ3v) is 5.23. The number of nitrogens with zero attached hydrogens (tertiary/aromatic N) is 4. The number of rotatable bonds is 5.